The minimum absolute atomic E-state index is 0.870. The van der Waals surface area contributed by atoms with Gasteiger partial charge >= 0.3 is 10.4 Å². The summed E-state index contributed by atoms with van der Waals surface area (Å²) in [7, 11) is -4.38. The second-order valence-corrected chi connectivity index (χ2v) is 3.34. The van der Waals surface area contributed by atoms with Crippen molar-refractivity contribution in [3.63, 3.8) is 0 Å². The molecule has 0 amide bonds. The van der Waals surface area contributed by atoms with Crippen molar-refractivity contribution in [1.82, 2.24) is 4.73 Å². The molecule has 0 bridgehead atoms. The van der Waals surface area contributed by atoms with E-state index >= 15 is 0 Å². The van der Waals surface area contributed by atoms with Crippen LogP contribution in [0.5, 0.6) is 0 Å². The van der Waals surface area contributed by atoms with Gasteiger partial charge in [0.05, 0.1) is 12.5 Å². The highest BCUT2D eigenvalue weighted by atomic mass is 32.3. The molecular formula is C8H9NO5S. The molecule has 0 aliphatic rings. The van der Waals surface area contributed by atoms with Gasteiger partial charge in [-0.1, -0.05) is 0 Å². The molecule has 0 fully saturated rings. The number of nitrogens with zero attached hydrogens (tertiary/aromatic N) is 1. The van der Waals surface area contributed by atoms with E-state index in [4.69, 9.17) is 4.55 Å². The molecule has 1 N–H and O–H groups in total. The molecule has 0 aromatic carbocycles. The van der Waals surface area contributed by atoms with Gasteiger partial charge in [-0.3, -0.25) is 8.84 Å². The van der Waals surface area contributed by atoms with Crippen LogP contribution in [0.15, 0.2) is 53.6 Å². The van der Waals surface area contributed by atoms with Crippen molar-refractivity contribution in [3.8, 4) is 0 Å². The van der Waals surface area contributed by atoms with Crippen LogP contribution in [0.4, 0.5) is 0 Å². The molecule has 0 atom stereocenters. The molecule has 2 aromatic rings. The molecule has 0 spiro atoms. The van der Waals surface area contributed by atoms with Gasteiger partial charge in [-0.15, -0.1) is 0 Å². The lowest BCUT2D eigenvalue weighted by Gasteiger charge is -1.98. The van der Waals surface area contributed by atoms with E-state index in [1.165, 1.54) is 12.4 Å². The SMILES string of the molecule is O=S(=O)(O)On1cccc1.c1ccoc1. The predicted octanol–water partition coefficient (Wildman–Crippen LogP) is 0.999. The molecule has 6 nitrogen and oxygen atoms in total. The summed E-state index contributed by atoms with van der Waals surface area (Å²) < 4.78 is 37.6. The highest BCUT2D eigenvalue weighted by Crippen LogP contribution is 1.87. The molecule has 0 saturated carbocycles. The van der Waals surface area contributed by atoms with E-state index in [2.05, 4.69) is 8.70 Å². The van der Waals surface area contributed by atoms with Crippen LogP contribution in [0.2, 0.25) is 0 Å². The van der Waals surface area contributed by atoms with Crippen LogP contribution in [0.3, 0.4) is 0 Å². The summed E-state index contributed by atoms with van der Waals surface area (Å²) in [6, 6.07) is 6.79. The Bertz CT molecular complexity index is 428. The third-order valence-corrected chi connectivity index (χ3v) is 1.54. The number of rotatable bonds is 2. The first-order valence-electron chi connectivity index (χ1n) is 3.85. The highest BCUT2D eigenvalue weighted by Gasteiger charge is 2.03. The van der Waals surface area contributed by atoms with Gasteiger partial charge in [-0.05, 0) is 24.3 Å². The van der Waals surface area contributed by atoms with Gasteiger partial charge in [-0.2, -0.15) is 13.1 Å². The van der Waals surface area contributed by atoms with Gasteiger partial charge in [0.1, 0.15) is 0 Å². The average molecular weight is 231 g/mol. The van der Waals surface area contributed by atoms with E-state index in [9.17, 15) is 8.42 Å². The largest absolute Gasteiger partial charge is 0.473 e. The monoisotopic (exact) mass is 231 g/mol. The number of aromatic nitrogens is 1. The fourth-order valence-corrected chi connectivity index (χ4v) is 1.02. The Kier molecular flexibility index (Phi) is 3.95. The summed E-state index contributed by atoms with van der Waals surface area (Å²) in [6.45, 7) is 0. The number of furan rings is 1. The van der Waals surface area contributed by atoms with Crippen LogP contribution in [0.1, 0.15) is 0 Å². The Morgan fingerprint density at radius 2 is 1.60 bits per heavy atom. The average Bonchev–Trinajstić information content (AvgIpc) is 2.71. The van der Waals surface area contributed by atoms with Crippen molar-refractivity contribution >= 4 is 10.4 Å². The predicted molar refractivity (Wildman–Crippen MR) is 51.3 cm³/mol. The third-order valence-electron chi connectivity index (χ3n) is 1.18. The molecule has 2 rings (SSSR count). The molecule has 0 unspecified atom stereocenters. The quantitative estimate of drug-likeness (QED) is 0.779. The van der Waals surface area contributed by atoms with Crippen molar-refractivity contribution in [1.29, 1.82) is 0 Å². The zero-order valence-electron chi connectivity index (χ0n) is 7.55. The van der Waals surface area contributed by atoms with Gasteiger partial charge < -0.3 is 4.42 Å². The van der Waals surface area contributed by atoms with Crippen molar-refractivity contribution in [2.45, 2.75) is 0 Å². The Hall–Kier alpha value is -1.73. The van der Waals surface area contributed by atoms with E-state index in [1.807, 2.05) is 12.1 Å². The third kappa shape index (κ3) is 5.55. The second kappa shape index (κ2) is 5.23. The van der Waals surface area contributed by atoms with Gasteiger partial charge in [0.15, 0.2) is 0 Å². The molecule has 0 radical (unpaired) electrons. The van der Waals surface area contributed by atoms with E-state index in [1.54, 1.807) is 24.7 Å². The molecular weight excluding hydrogens is 222 g/mol. The van der Waals surface area contributed by atoms with Crippen LogP contribution in [0, 0.1) is 0 Å². The van der Waals surface area contributed by atoms with Crippen LogP contribution in [-0.2, 0) is 10.4 Å². The van der Waals surface area contributed by atoms with Crippen molar-refractivity contribution < 1.29 is 21.7 Å². The standard InChI is InChI=1S/C4H5NO4S.C4H4O/c6-10(7,8)9-5-3-1-2-4-5;1-2-4-5-3-1/h1-4H,(H,6,7,8);1-4H. The number of hydrogen-bond acceptors (Lipinski definition) is 4. The topological polar surface area (TPSA) is 81.7 Å². The lowest BCUT2D eigenvalue weighted by Crippen LogP contribution is -2.16. The molecule has 0 saturated heterocycles. The molecule has 0 aliphatic heterocycles. The fourth-order valence-electron chi connectivity index (χ4n) is 0.704. The zero-order valence-corrected chi connectivity index (χ0v) is 8.37. The Morgan fingerprint density at radius 3 is 1.93 bits per heavy atom. The van der Waals surface area contributed by atoms with E-state index in [-0.39, 0.29) is 0 Å². The smallest absolute Gasteiger partial charge is 0.465 e. The van der Waals surface area contributed by atoms with E-state index in [0.29, 0.717) is 0 Å². The lowest BCUT2D eigenvalue weighted by molar-refractivity contribution is 0.240. The minimum atomic E-state index is -4.38. The molecule has 15 heavy (non-hydrogen) atoms. The molecule has 82 valence electrons. The number of hydrogen-bond donors (Lipinski definition) is 1. The summed E-state index contributed by atoms with van der Waals surface area (Å²) in [5, 5.41) is 0. The highest BCUT2D eigenvalue weighted by molar-refractivity contribution is 7.81. The van der Waals surface area contributed by atoms with Crippen molar-refractivity contribution in [2.24, 2.45) is 0 Å². The summed E-state index contributed by atoms with van der Waals surface area (Å²) >= 11 is 0. The Balaban J connectivity index is 0.000000187. The van der Waals surface area contributed by atoms with Crippen LogP contribution in [0.25, 0.3) is 0 Å². The van der Waals surface area contributed by atoms with Gasteiger partial charge in [0.2, 0.25) is 0 Å². The van der Waals surface area contributed by atoms with Gasteiger partial charge in [0.25, 0.3) is 0 Å². The Morgan fingerprint density at radius 1 is 1.07 bits per heavy atom. The first-order valence-corrected chi connectivity index (χ1v) is 5.22. The first-order chi connectivity index (χ1) is 7.08. The van der Waals surface area contributed by atoms with Gasteiger partial charge in [0, 0.05) is 12.4 Å². The summed E-state index contributed by atoms with van der Waals surface area (Å²) in [6.07, 6.45) is 5.93. The summed E-state index contributed by atoms with van der Waals surface area (Å²) in [4.78, 5) is 0. The minimum Gasteiger partial charge on any atom is -0.473 e. The summed E-state index contributed by atoms with van der Waals surface area (Å²) in [5.74, 6) is 0. The molecule has 2 heterocycles. The lowest BCUT2D eigenvalue weighted by atomic mass is 10.7. The first kappa shape index (κ1) is 11.3. The fraction of sp³-hybridized carbons (Fsp3) is 0. The zero-order chi connectivity index (χ0) is 11.1. The van der Waals surface area contributed by atoms with Crippen LogP contribution >= 0.6 is 0 Å². The molecule has 7 heteroatoms. The molecule has 0 aliphatic carbocycles. The van der Waals surface area contributed by atoms with Crippen LogP contribution in [-0.4, -0.2) is 17.7 Å². The molecule has 2 aromatic heterocycles. The normalized spacial score (nSPS) is 10.2. The van der Waals surface area contributed by atoms with E-state index < -0.39 is 10.4 Å². The van der Waals surface area contributed by atoms with Gasteiger partial charge in [-0.25, -0.2) is 0 Å². The second-order valence-electron chi connectivity index (χ2n) is 2.34. The maximum absolute atomic E-state index is 10.0. The summed E-state index contributed by atoms with van der Waals surface area (Å²) in [5.41, 5.74) is 0. The maximum atomic E-state index is 10.0. The van der Waals surface area contributed by atoms with E-state index in [0.717, 1.165) is 4.73 Å². The maximum Gasteiger partial charge on any atom is 0.465 e. The van der Waals surface area contributed by atoms with Crippen molar-refractivity contribution in [2.75, 3.05) is 0 Å². The van der Waals surface area contributed by atoms with Crippen LogP contribution < -0.4 is 4.28 Å². The Labute approximate surface area is 86.6 Å². The van der Waals surface area contributed by atoms with Crippen molar-refractivity contribution in [3.05, 3.63) is 49.2 Å².